The molecule has 1 atom stereocenters. The number of thiophene rings is 1. The quantitative estimate of drug-likeness (QED) is 0.881. The molecule has 0 aliphatic heterocycles. The molecule has 1 unspecified atom stereocenters. The molecule has 0 bridgehead atoms. The van der Waals surface area contributed by atoms with Crippen LogP contribution < -0.4 is 5.73 Å². The third-order valence-corrected chi connectivity index (χ3v) is 3.28. The monoisotopic (exact) mass is 236 g/mol. The summed E-state index contributed by atoms with van der Waals surface area (Å²) in [6.45, 7) is 2.01. The van der Waals surface area contributed by atoms with E-state index in [9.17, 15) is 0 Å². The number of aryl methyl sites for hydroxylation is 2. The highest BCUT2D eigenvalue weighted by molar-refractivity contribution is 7.13. The Morgan fingerprint density at radius 2 is 2.38 bits per heavy atom. The lowest BCUT2D eigenvalue weighted by molar-refractivity contribution is 0.615. The molecule has 0 fully saturated rings. The topological polar surface area (TPSA) is 56.7 Å². The van der Waals surface area contributed by atoms with Crippen molar-refractivity contribution in [2.24, 2.45) is 12.8 Å². The van der Waals surface area contributed by atoms with Gasteiger partial charge in [0.15, 0.2) is 5.82 Å². The van der Waals surface area contributed by atoms with Crippen molar-refractivity contribution < 1.29 is 0 Å². The number of nitrogens with zero attached hydrogens (tertiary/aromatic N) is 3. The first-order valence-corrected chi connectivity index (χ1v) is 6.24. The second-order valence-corrected chi connectivity index (χ2v) is 4.92. The zero-order valence-corrected chi connectivity index (χ0v) is 10.4. The molecule has 2 N–H and O–H groups in total. The fourth-order valence-corrected chi connectivity index (χ4v) is 2.15. The van der Waals surface area contributed by atoms with Crippen LogP contribution in [0.1, 0.15) is 19.2 Å². The van der Waals surface area contributed by atoms with Gasteiger partial charge in [-0.05, 0) is 24.8 Å². The maximum absolute atomic E-state index is 5.74. The molecule has 0 amide bonds. The first kappa shape index (κ1) is 11.3. The van der Waals surface area contributed by atoms with Crippen LogP contribution in [0.2, 0.25) is 0 Å². The second kappa shape index (κ2) is 4.76. The van der Waals surface area contributed by atoms with Gasteiger partial charge in [0.25, 0.3) is 0 Å². The van der Waals surface area contributed by atoms with E-state index in [-0.39, 0.29) is 6.04 Å². The van der Waals surface area contributed by atoms with Crippen molar-refractivity contribution in [3.05, 3.63) is 23.3 Å². The molecule has 2 aromatic heterocycles. The third-order valence-electron chi connectivity index (χ3n) is 2.42. The third kappa shape index (κ3) is 2.48. The summed E-state index contributed by atoms with van der Waals surface area (Å²) < 4.78 is 1.84. The lowest BCUT2D eigenvalue weighted by Crippen LogP contribution is -2.16. The summed E-state index contributed by atoms with van der Waals surface area (Å²) in [6, 6.07) is 4.26. The van der Waals surface area contributed by atoms with Crippen LogP contribution in [-0.2, 0) is 13.5 Å². The highest BCUT2D eigenvalue weighted by Gasteiger charge is 2.10. The average Bonchev–Trinajstić information content (AvgIpc) is 2.83. The first-order valence-electron chi connectivity index (χ1n) is 5.36. The van der Waals surface area contributed by atoms with Gasteiger partial charge < -0.3 is 5.73 Å². The number of hydrogen-bond donors (Lipinski definition) is 1. The van der Waals surface area contributed by atoms with Gasteiger partial charge in [0.2, 0.25) is 0 Å². The molecule has 2 rings (SSSR count). The molecule has 2 heterocycles. The van der Waals surface area contributed by atoms with Crippen molar-refractivity contribution in [3.63, 3.8) is 0 Å². The molecule has 0 aromatic carbocycles. The largest absolute Gasteiger partial charge is 0.328 e. The molecule has 4 nitrogen and oxygen atoms in total. The standard InChI is InChI=1S/C11H16N4S/c1-8(12)5-6-10-13-11(14-15(10)2)9-4-3-7-16-9/h3-4,7-8H,5-6,12H2,1-2H3. The summed E-state index contributed by atoms with van der Waals surface area (Å²) in [6.07, 6.45) is 1.82. The van der Waals surface area contributed by atoms with Gasteiger partial charge >= 0.3 is 0 Å². The molecule has 0 radical (unpaired) electrons. The molecular weight excluding hydrogens is 220 g/mol. The van der Waals surface area contributed by atoms with E-state index in [1.807, 2.05) is 36.2 Å². The molecule has 5 heteroatoms. The summed E-state index contributed by atoms with van der Waals surface area (Å²) in [7, 11) is 1.93. The average molecular weight is 236 g/mol. The van der Waals surface area contributed by atoms with Crippen molar-refractivity contribution in [1.29, 1.82) is 0 Å². The van der Waals surface area contributed by atoms with Crippen molar-refractivity contribution in [2.45, 2.75) is 25.8 Å². The first-order chi connectivity index (χ1) is 7.66. The lowest BCUT2D eigenvalue weighted by Gasteiger charge is -2.02. The van der Waals surface area contributed by atoms with E-state index < -0.39 is 0 Å². The minimum absolute atomic E-state index is 0.210. The van der Waals surface area contributed by atoms with Gasteiger partial charge in [-0.25, -0.2) is 4.98 Å². The van der Waals surface area contributed by atoms with Crippen LogP contribution in [0.4, 0.5) is 0 Å². The smallest absolute Gasteiger partial charge is 0.191 e. The van der Waals surface area contributed by atoms with Crippen LogP contribution in [0.25, 0.3) is 10.7 Å². The van der Waals surface area contributed by atoms with Gasteiger partial charge in [-0.15, -0.1) is 11.3 Å². The van der Waals surface area contributed by atoms with E-state index >= 15 is 0 Å². The van der Waals surface area contributed by atoms with Crippen molar-refractivity contribution >= 4 is 11.3 Å². The van der Waals surface area contributed by atoms with E-state index in [0.29, 0.717) is 0 Å². The van der Waals surface area contributed by atoms with E-state index in [1.165, 1.54) is 0 Å². The minimum Gasteiger partial charge on any atom is -0.328 e. The van der Waals surface area contributed by atoms with Crippen LogP contribution in [0.3, 0.4) is 0 Å². The molecule has 0 saturated heterocycles. The molecule has 86 valence electrons. The Hall–Kier alpha value is -1.20. The van der Waals surface area contributed by atoms with Crippen LogP contribution in [0, 0.1) is 0 Å². The van der Waals surface area contributed by atoms with Crippen LogP contribution in [0.15, 0.2) is 17.5 Å². The molecule has 0 aliphatic rings. The summed E-state index contributed by atoms with van der Waals surface area (Å²) in [5.41, 5.74) is 5.74. The highest BCUT2D eigenvalue weighted by atomic mass is 32.1. The fourth-order valence-electron chi connectivity index (χ4n) is 1.50. The Morgan fingerprint density at radius 1 is 1.56 bits per heavy atom. The molecule has 0 spiro atoms. The van der Waals surface area contributed by atoms with Gasteiger partial charge in [-0.2, -0.15) is 5.10 Å². The normalized spacial score (nSPS) is 12.9. The predicted octanol–water partition coefficient (Wildman–Crippen LogP) is 1.82. The van der Waals surface area contributed by atoms with Gasteiger partial charge in [0, 0.05) is 19.5 Å². The summed E-state index contributed by atoms with van der Waals surface area (Å²) in [5, 5.41) is 6.44. The lowest BCUT2D eigenvalue weighted by atomic mass is 10.2. The minimum atomic E-state index is 0.210. The van der Waals surface area contributed by atoms with Crippen molar-refractivity contribution in [2.75, 3.05) is 0 Å². The number of hydrogen-bond acceptors (Lipinski definition) is 4. The zero-order valence-electron chi connectivity index (χ0n) is 9.55. The van der Waals surface area contributed by atoms with Crippen LogP contribution in [0.5, 0.6) is 0 Å². The number of aromatic nitrogens is 3. The van der Waals surface area contributed by atoms with Gasteiger partial charge in [-0.1, -0.05) is 6.07 Å². The Labute approximate surface area is 99.1 Å². The van der Waals surface area contributed by atoms with E-state index in [0.717, 1.165) is 29.4 Å². The van der Waals surface area contributed by atoms with E-state index in [4.69, 9.17) is 5.73 Å². The number of rotatable bonds is 4. The molecule has 16 heavy (non-hydrogen) atoms. The van der Waals surface area contributed by atoms with Gasteiger partial charge in [0.05, 0.1) is 4.88 Å². The highest BCUT2D eigenvalue weighted by Crippen LogP contribution is 2.21. The Bertz CT molecular complexity index is 445. The molecule has 0 saturated carbocycles. The Balaban J connectivity index is 2.16. The maximum Gasteiger partial charge on any atom is 0.191 e. The Kier molecular flexibility index (Phi) is 3.36. The van der Waals surface area contributed by atoms with E-state index in [2.05, 4.69) is 10.1 Å². The maximum atomic E-state index is 5.74. The second-order valence-electron chi connectivity index (χ2n) is 3.97. The van der Waals surface area contributed by atoms with Crippen LogP contribution in [-0.4, -0.2) is 20.8 Å². The van der Waals surface area contributed by atoms with Crippen molar-refractivity contribution in [1.82, 2.24) is 14.8 Å². The molecule has 0 aliphatic carbocycles. The predicted molar refractivity (Wildman–Crippen MR) is 66.3 cm³/mol. The Morgan fingerprint density at radius 3 is 3.00 bits per heavy atom. The summed E-state index contributed by atoms with van der Waals surface area (Å²) >= 11 is 1.66. The number of nitrogens with two attached hydrogens (primary N) is 1. The van der Waals surface area contributed by atoms with Crippen LogP contribution >= 0.6 is 11.3 Å². The van der Waals surface area contributed by atoms with Gasteiger partial charge in [-0.3, -0.25) is 4.68 Å². The zero-order chi connectivity index (χ0) is 11.5. The van der Waals surface area contributed by atoms with E-state index in [1.54, 1.807) is 11.3 Å². The summed E-state index contributed by atoms with van der Waals surface area (Å²) in [5.74, 6) is 1.82. The SMILES string of the molecule is CC(N)CCc1nc(-c2cccs2)nn1C. The molecular formula is C11H16N4S. The fraction of sp³-hybridized carbons (Fsp3) is 0.455. The molecule has 2 aromatic rings. The van der Waals surface area contributed by atoms with Crippen molar-refractivity contribution in [3.8, 4) is 10.7 Å². The summed E-state index contributed by atoms with van der Waals surface area (Å²) in [4.78, 5) is 5.64. The van der Waals surface area contributed by atoms with Gasteiger partial charge in [0.1, 0.15) is 5.82 Å².